The van der Waals surface area contributed by atoms with Crippen molar-refractivity contribution in [3.05, 3.63) is 36.3 Å². The lowest BCUT2D eigenvalue weighted by Crippen LogP contribution is -2.06. The molecule has 3 rings (SSSR count). The largest absolute Gasteiger partial charge is 0.461 e. The Balaban J connectivity index is 2.11. The van der Waals surface area contributed by atoms with Gasteiger partial charge in [0.2, 0.25) is 0 Å². The quantitative estimate of drug-likeness (QED) is 0.747. The summed E-state index contributed by atoms with van der Waals surface area (Å²) in [5.74, 6) is -0.479. The predicted octanol–water partition coefficient (Wildman–Crippen LogP) is 2.22. The maximum absolute atomic E-state index is 11.9. The van der Waals surface area contributed by atoms with E-state index in [2.05, 4.69) is 9.97 Å². The van der Waals surface area contributed by atoms with Gasteiger partial charge in [-0.1, -0.05) is 17.4 Å². The molecule has 2 N–H and O–H groups in total. The number of esters is 1. The van der Waals surface area contributed by atoms with Crippen molar-refractivity contribution in [3.63, 3.8) is 0 Å². The lowest BCUT2D eigenvalue weighted by Gasteiger charge is -1.99. The fourth-order valence-corrected chi connectivity index (χ4v) is 2.67. The van der Waals surface area contributed by atoms with Crippen LogP contribution in [0.3, 0.4) is 0 Å². The number of aromatic nitrogens is 3. The Morgan fingerprint density at radius 1 is 1.45 bits per heavy atom. The first-order chi connectivity index (χ1) is 9.69. The number of hydrogen-bond acceptors (Lipinski definition) is 6. The van der Waals surface area contributed by atoms with Gasteiger partial charge in [-0.05, 0) is 19.1 Å². The van der Waals surface area contributed by atoms with Crippen molar-refractivity contribution < 1.29 is 9.53 Å². The van der Waals surface area contributed by atoms with Crippen molar-refractivity contribution in [3.8, 4) is 10.6 Å². The predicted molar refractivity (Wildman–Crippen MR) is 76.7 cm³/mol. The molecule has 102 valence electrons. The Labute approximate surface area is 118 Å². The summed E-state index contributed by atoms with van der Waals surface area (Å²) in [4.78, 5) is 21.0. The van der Waals surface area contributed by atoms with Crippen LogP contribution in [-0.2, 0) is 4.74 Å². The van der Waals surface area contributed by atoms with E-state index in [1.807, 2.05) is 35.0 Å². The number of hydrogen-bond donors (Lipinski definition) is 1. The highest BCUT2D eigenvalue weighted by Crippen LogP contribution is 2.31. The Morgan fingerprint density at radius 2 is 2.30 bits per heavy atom. The molecule has 20 heavy (non-hydrogen) atoms. The van der Waals surface area contributed by atoms with Gasteiger partial charge < -0.3 is 14.9 Å². The molecule has 7 heteroatoms. The summed E-state index contributed by atoms with van der Waals surface area (Å²) in [6, 6.07) is 5.70. The molecule has 0 spiro atoms. The Bertz CT molecular complexity index is 745. The van der Waals surface area contributed by atoms with E-state index in [1.165, 1.54) is 11.3 Å². The summed E-state index contributed by atoms with van der Waals surface area (Å²) in [5.41, 5.74) is 7.39. The number of thiazole rings is 1. The average Bonchev–Trinajstić information content (AvgIpc) is 3.01. The summed E-state index contributed by atoms with van der Waals surface area (Å²) in [7, 11) is 0. The first-order valence-corrected chi connectivity index (χ1v) is 6.88. The highest BCUT2D eigenvalue weighted by molar-refractivity contribution is 7.19. The van der Waals surface area contributed by atoms with Crippen molar-refractivity contribution in [2.45, 2.75) is 6.92 Å². The molecule has 0 atom stereocenters. The number of rotatable bonds is 3. The van der Waals surface area contributed by atoms with Crippen LogP contribution >= 0.6 is 11.3 Å². The fraction of sp³-hybridized carbons (Fsp3) is 0.154. The monoisotopic (exact) mass is 288 g/mol. The SMILES string of the molecule is CCOC(=O)c1nc(N)sc1-c1cn2ccccc2n1. The smallest absolute Gasteiger partial charge is 0.358 e. The summed E-state index contributed by atoms with van der Waals surface area (Å²) in [5, 5.41) is 0.320. The zero-order valence-corrected chi connectivity index (χ0v) is 11.6. The van der Waals surface area contributed by atoms with Gasteiger partial charge in [-0.3, -0.25) is 0 Å². The lowest BCUT2D eigenvalue weighted by molar-refractivity contribution is 0.0521. The number of carbonyl (C=O) groups excluding carboxylic acids is 1. The van der Waals surface area contributed by atoms with Gasteiger partial charge in [0.15, 0.2) is 10.8 Å². The third-order valence-electron chi connectivity index (χ3n) is 2.71. The molecule has 0 aliphatic rings. The number of nitrogen functional groups attached to an aromatic ring is 1. The number of fused-ring (bicyclic) bond motifs is 1. The van der Waals surface area contributed by atoms with Crippen molar-refractivity contribution in [2.24, 2.45) is 0 Å². The zero-order chi connectivity index (χ0) is 14.1. The minimum atomic E-state index is -0.479. The van der Waals surface area contributed by atoms with Gasteiger partial charge >= 0.3 is 5.97 Å². The second kappa shape index (κ2) is 4.93. The highest BCUT2D eigenvalue weighted by atomic mass is 32.1. The van der Waals surface area contributed by atoms with Crippen molar-refractivity contribution in [2.75, 3.05) is 12.3 Å². The van der Waals surface area contributed by atoms with Gasteiger partial charge in [-0.25, -0.2) is 14.8 Å². The van der Waals surface area contributed by atoms with Crippen molar-refractivity contribution >= 4 is 28.1 Å². The van der Waals surface area contributed by atoms with Crippen LogP contribution in [0.1, 0.15) is 17.4 Å². The Morgan fingerprint density at radius 3 is 3.05 bits per heavy atom. The van der Waals surface area contributed by atoms with E-state index >= 15 is 0 Å². The fourth-order valence-electron chi connectivity index (χ4n) is 1.89. The maximum atomic E-state index is 11.9. The number of imidazole rings is 1. The van der Waals surface area contributed by atoms with Crippen LogP contribution in [0.5, 0.6) is 0 Å². The van der Waals surface area contributed by atoms with Crippen LogP contribution < -0.4 is 5.73 Å². The molecule has 0 fully saturated rings. The molecule has 0 amide bonds. The summed E-state index contributed by atoms with van der Waals surface area (Å²) >= 11 is 1.23. The second-order valence-corrected chi connectivity index (χ2v) is 5.07. The number of pyridine rings is 1. The number of nitrogens with two attached hydrogens (primary N) is 1. The van der Waals surface area contributed by atoms with Gasteiger partial charge in [0.25, 0.3) is 0 Å². The molecule has 0 saturated carbocycles. The third-order valence-corrected chi connectivity index (χ3v) is 3.62. The van der Waals surface area contributed by atoms with Crippen LogP contribution in [0.2, 0.25) is 0 Å². The first-order valence-electron chi connectivity index (χ1n) is 6.06. The molecule has 0 bridgehead atoms. The molecule has 0 aromatic carbocycles. The van der Waals surface area contributed by atoms with Gasteiger partial charge in [-0.2, -0.15) is 0 Å². The highest BCUT2D eigenvalue weighted by Gasteiger charge is 2.21. The third kappa shape index (κ3) is 2.12. The van der Waals surface area contributed by atoms with E-state index in [0.29, 0.717) is 22.3 Å². The molecular weight excluding hydrogens is 276 g/mol. The normalized spacial score (nSPS) is 10.8. The molecular formula is C13H12N4O2S. The van der Waals surface area contributed by atoms with Crippen LogP contribution in [0.4, 0.5) is 5.13 Å². The van der Waals surface area contributed by atoms with Gasteiger partial charge in [0, 0.05) is 12.4 Å². The topological polar surface area (TPSA) is 82.5 Å². The molecule has 0 saturated heterocycles. The summed E-state index contributed by atoms with van der Waals surface area (Å²) in [6.07, 6.45) is 3.73. The van der Waals surface area contributed by atoms with Gasteiger partial charge in [0.1, 0.15) is 11.3 Å². The summed E-state index contributed by atoms with van der Waals surface area (Å²) in [6.45, 7) is 2.04. The standard InChI is InChI=1S/C13H12N4O2S/c1-2-19-12(18)10-11(20-13(14)16-10)8-7-17-6-4-3-5-9(17)15-8/h3-7H,2H2,1H3,(H2,14,16). The number of carbonyl (C=O) groups is 1. The zero-order valence-electron chi connectivity index (χ0n) is 10.7. The number of nitrogens with zero attached hydrogens (tertiary/aromatic N) is 3. The molecule has 0 aliphatic heterocycles. The van der Waals surface area contributed by atoms with Crippen LogP contribution in [-0.4, -0.2) is 26.9 Å². The van der Waals surface area contributed by atoms with E-state index in [9.17, 15) is 4.79 Å². The Hall–Kier alpha value is -2.41. The van der Waals surface area contributed by atoms with Gasteiger partial charge in [0.05, 0.1) is 11.5 Å². The Kier molecular flexibility index (Phi) is 3.11. The second-order valence-electron chi connectivity index (χ2n) is 4.04. The van der Waals surface area contributed by atoms with Crippen LogP contribution in [0, 0.1) is 0 Å². The summed E-state index contributed by atoms with van der Waals surface area (Å²) < 4.78 is 6.87. The maximum Gasteiger partial charge on any atom is 0.358 e. The number of anilines is 1. The first kappa shape index (κ1) is 12.6. The number of ether oxygens (including phenoxy) is 1. The molecule has 0 unspecified atom stereocenters. The minimum Gasteiger partial charge on any atom is -0.461 e. The van der Waals surface area contributed by atoms with E-state index in [4.69, 9.17) is 10.5 Å². The van der Waals surface area contributed by atoms with E-state index in [-0.39, 0.29) is 5.69 Å². The molecule has 0 aliphatic carbocycles. The lowest BCUT2D eigenvalue weighted by atomic mass is 10.3. The molecule has 6 nitrogen and oxygen atoms in total. The van der Waals surface area contributed by atoms with Crippen LogP contribution in [0.15, 0.2) is 30.6 Å². The van der Waals surface area contributed by atoms with E-state index < -0.39 is 5.97 Å². The average molecular weight is 288 g/mol. The van der Waals surface area contributed by atoms with Gasteiger partial charge in [-0.15, -0.1) is 0 Å². The van der Waals surface area contributed by atoms with Crippen molar-refractivity contribution in [1.29, 1.82) is 0 Å². The molecule has 0 radical (unpaired) electrons. The minimum absolute atomic E-state index is 0.220. The van der Waals surface area contributed by atoms with E-state index in [1.54, 1.807) is 6.92 Å². The molecule has 3 aromatic rings. The van der Waals surface area contributed by atoms with Crippen molar-refractivity contribution in [1.82, 2.24) is 14.4 Å². The van der Waals surface area contributed by atoms with E-state index in [0.717, 1.165) is 5.65 Å². The molecule has 3 heterocycles. The van der Waals surface area contributed by atoms with Crippen LogP contribution in [0.25, 0.3) is 16.2 Å². The molecule has 3 aromatic heterocycles.